The third kappa shape index (κ3) is 3.42. The molecule has 0 spiro atoms. The van der Waals surface area contributed by atoms with E-state index in [9.17, 15) is 14.7 Å². The highest BCUT2D eigenvalue weighted by Crippen LogP contribution is 2.23. The lowest BCUT2D eigenvalue weighted by Gasteiger charge is -2.11. The van der Waals surface area contributed by atoms with Crippen molar-refractivity contribution in [3.8, 4) is 11.5 Å². The average Bonchev–Trinajstić information content (AvgIpc) is 3.12. The third-order valence-corrected chi connectivity index (χ3v) is 3.76. The van der Waals surface area contributed by atoms with E-state index < -0.39 is 11.9 Å². The summed E-state index contributed by atoms with van der Waals surface area (Å²) >= 11 is 0. The van der Waals surface area contributed by atoms with Crippen molar-refractivity contribution in [3.05, 3.63) is 71.6 Å². The van der Waals surface area contributed by atoms with Crippen LogP contribution >= 0.6 is 0 Å². The van der Waals surface area contributed by atoms with Gasteiger partial charge in [0.25, 0.3) is 5.91 Å². The van der Waals surface area contributed by atoms with Gasteiger partial charge in [-0.2, -0.15) is 0 Å². The number of nitrogens with one attached hydrogen (secondary N) is 1. The quantitative estimate of drug-likeness (QED) is 0.738. The molecule has 3 rings (SSSR count). The van der Waals surface area contributed by atoms with E-state index in [-0.39, 0.29) is 11.3 Å². The fourth-order valence-electron chi connectivity index (χ4n) is 2.56. The van der Waals surface area contributed by atoms with Gasteiger partial charge in [0, 0.05) is 11.3 Å². The molecule has 0 aliphatic rings. The van der Waals surface area contributed by atoms with E-state index >= 15 is 0 Å². The van der Waals surface area contributed by atoms with E-state index in [0.29, 0.717) is 23.6 Å². The molecular formula is C19H16N2O4. The number of carboxylic acids is 1. The number of nitrogens with zero attached hydrogens (tertiary/aromatic N) is 1. The highest BCUT2D eigenvalue weighted by Gasteiger charge is 2.17. The zero-order valence-electron chi connectivity index (χ0n) is 13.5. The molecule has 0 unspecified atom stereocenters. The van der Waals surface area contributed by atoms with Gasteiger partial charge in [-0.25, -0.2) is 9.78 Å². The Morgan fingerprint density at radius 3 is 2.56 bits per heavy atom. The minimum atomic E-state index is -1.03. The number of benzene rings is 2. The molecule has 0 aliphatic carbocycles. The van der Waals surface area contributed by atoms with Gasteiger partial charge < -0.3 is 14.8 Å². The number of carbonyl (C=O) groups excluding carboxylic acids is 1. The second-order valence-electron chi connectivity index (χ2n) is 5.34. The zero-order valence-corrected chi connectivity index (χ0v) is 13.5. The maximum absolute atomic E-state index is 12.4. The number of aromatic carboxylic acids is 1. The van der Waals surface area contributed by atoms with Crippen molar-refractivity contribution in [1.29, 1.82) is 0 Å². The van der Waals surface area contributed by atoms with Crippen molar-refractivity contribution >= 4 is 17.6 Å². The lowest BCUT2D eigenvalue weighted by atomic mass is 10.0. The predicted molar refractivity (Wildman–Crippen MR) is 92.7 cm³/mol. The molecule has 2 N–H and O–H groups in total. The Balaban J connectivity index is 1.85. The molecule has 0 aliphatic heterocycles. The van der Waals surface area contributed by atoms with Crippen LogP contribution in [0.25, 0.3) is 11.5 Å². The summed E-state index contributed by atoms with van der Waals surface area (Å²) in [4.78, 5) is 27.8. The normalized spacial score (nSPS) is 10.4. The molecule has 0 fully saturated rings. The van der Waals surface area contributed by atoms with Gasteiger partial charge in [0.2, 0.25) is 11.7 Å². The minimum absolute atomic E-state index is 0.0571. The Morgan fingerprint density at radius 2 is 1.88 bits per heavy atom. The SMILES string of the molecule is CCc1c(NC(=O)c2cnc(-c3ccccc3)o2)cccc1C(=O)O. The highest BCUT2D eigenvalue weighted by molar-refractivity contribution is 6.03. The second-order valence-corrected chi connectivity index (χ2v) is 5.34. The lowest BCUT2D eigenvalue weighted by Crippen LogP contribution is -2.14. The number of oxazole rings is 1. The first-order chi connectivity index (χ1) is 12.1. The fourth-order valence-corrected chi connectivity index (χ4v) is 2.56. The molecular weight excluding hydrogens is 320 g/mol. The molecule has 1 amide bonds. The number of rotatable bonds is 5. The molecule has 6 heteroatoms. The van der Waals surface area contributed by atoms with Gasteiger partial charge in [0.15, 0.2) is 0 Å². The lowest BCUT2D eigenvalue weighted by molar-refractivity contribution is 0.0695. The summed E-state index contributed by atoms with van der Waals surface area (Å²) in [6, 6.07) is 14.0. The summed E-state index contributed by atoms with van der Waals surface area (Å²) in [5.41, 5.74) is 1.95. The standard InChI is InChI=1S/C19H16N2O4/c1-2-13-14(19(23)24)9-6-10-15(13)21-17(22)16-11-20-18(25-16)12-7-4-3-5-8-12/h3-11H,2H2,1H3,(H,21,22)(H,23,24). The Kier molecular flexibility index (Phi) is 4.61. The monoisotopic (exact) mass is 336 g/mol. The van der Waals surface area contributed by atoms with Crippen LogP contribution in [0.2, 0.25) is 0 Å². The van der Waals surface area contributed by atoms with Gasteiger partial charge in [0.05, 0.1) is 11.8 Å². The molecule has 0 bridgehead atoms. The smallest absolute Gasteiger partial charge is 0.336 e. The van der Waals surface area contributed by atoms with Gasteiger partial charge in [-0.3, -0.25) is 4.79 Å². The van der Waals surface area contributed by atoms with E-state index in [1.54, 1.807) is 12.1 Å². The van der Waals surface area contributed by atoms with E-state index in [0.717, 1.165) is 5.56 Å². The summed E-state index contributed by atoms with van der Waals surface area (Å²) in [6.07, 6.45) is 1.83. The Labute approximate surface area is 144 Å². The maximum Gasteiger partial charge on any atom is 0.336 e. The molecule has 1 heterocycles. The molecule has 0 atom stereocenters. The maximum atomic E-state index is 12.4. The van der Waals surface area contributed by atoms with Crippen LogP contribution in [-0.4, -0.2) is 22.0 Å². The topological polar surface area (TPSA) is 92.4 Å². The van der Waals surface area contributed by atoms with Crippen LogP contribution < -0.4 is 5.32 Å². The summed E-state index contributed by atoms with van der Waals surface area (Å²) in [5, 5.41) is 12.0. The van der Waals surface area contributed by atoms with Crippen molar-refractivity contribution in [2.24, 2.45) is 0 Å². The van der Waals surface area contributed by atoms with Crippen molar-refractivity contribution in [2.75, 3.05) is 5.32 Å². The van der Waals surface area contributed by atoms with Crippen molar-refractivity contribution in [2.45, 2.75) is 13.3 Å². The number of hydrogen-bond donors (Lipinski definition) is 2. The van der Waals surface area contributed by atoms with Crippen molar-refractivity contribution in [3.63, 3.8) is 0 Å². The number of aromatic nitrogens is 1. The van der Waals surface area contributed by atoms with Crippen LogP contribution in [0.4, 0.5) is 5.69 Å². The Bertz CT molecular complexity index is 916. The van der Waals surface area contributed by atoms with Crippen LogP contribution in [0.1, 0.15) is 33.4 Å². The molecule has 6 nitrogen and oxygen atoms in total. The van der Waals surface area contributed by atoms with Crippen LogP contribution in [0, 0.1) is 0 Å². The summed E-state index contributed by atoms with van der Waals surface area (Å²) in [6.45, 7) is 1.83. The number of carboxylic acid groups (broad SMARTS) is 1. The van der Waals surface area contributed by atoms with Crippen LogP contribution in [-0.2, 0) is 6.42 Å². The number of amides is 1. The predicted octanol–water partition coefficient (Wildman–Crippen LogP) is 3.85. The average molecular weight is 336 g/mol. The largest absolute Gasteiger partial charge is 0.478 e. The Morgan fingerprint density at radius 1 is 1.12 bits per heavy atom. The second kappa shape index (κ2) is 7.00. The van der Waals surface area contributed by atoms with Crippen molar-refractivity contribution < 1.29 is 19.1 Å². The minimum Gasteiger partial charge on any atom is -0.478 e. The molecule has 25 heavy (non-hydrogen) atoms. The van der Waals surface area contributed by atoms with Gasteiger partial charge >= 0.3 is 5.97 Å². The molecule has 1 aromatic heterocycles. The zero-order chi connectivity index (χ0) is 17.8. The van der Waals surface area contributed by atoms with Crippen LogP contribution in [0.3, 0.4) is 0 Å². The van der Waals surface area contributed by atoms with E-state index in [4.69, 9.17) is 4.42 Å². The van der Waals surface area contributed by atoms with Crippen molar-refractivity contribution in [1.82, 2.24) is 4.98 Å². The molecule has 0 radical (unpaired) electrons. The first kappa shape index (κ1) is 16.4. The number of hydrogen-bond acceptors (Lipinski definition) is 4. The Hall–Kier alpha value is -3.41. The molecule has 2 aromatic carbocycles. The molecule has 0 saturated carbocycles. The molecule has 0 saturated heterocycles. The first-order valence-corrected chi connectivity index (χ1v) is 7.78. The van der Waals surface area contributed by atoms with Crippen LogP contribution in [0.15, 0.2) is 59.1 Å². The van der Waals surface area contributed by atoms with Crippen LogP contribution in [0.5, 0.6) is 0 Å². The number of anilines is 1. The highest BCUT2D eigenvalue weighted by atomic mass is 16.4. The fraction of sp³-hybridized carbons (Fsp3) is 0.105. The summed E-state index contributed by atoms with van der Waals surface area (Å²) in [5.74, 6) is -1.10. The molecule has 3 aromatic rings. The molecule has 126 valence electrons. The van der Waals surface area contributed by atoms with Gasteiger partial charge in [-0.1, -0.05) is 31.2 Å². The van der Waals surface area contributed by atoms with Gasteiger partial charge in [0.1, 0.15) is 0 Å². The van der Waals surface area contributed by atoms with Gasteiger partial charge in [-0.15, -0.1) is 0 Å². The summed E-state index contributed by atoms with van der Waals surface area (Å²) < 4.78 is 5.52. The van der Waals surface area contributed by atoms with E-state index in [1.165, 1.54) is 12.3 Å². The van der Waals surface area contributed by atoms with E-state index in [1.807, 2.05) is 37.3 Å². The number of carbonyl (C=O) groups is 2. The third-order valence-electron chi connectivity index (χ3n) is 3.76. The first-order valence-electron chi connectivity index (χ1n) is 7.78. The van der Waals surface area contributed by atoms with E-state index in [2.05, 4.69) is 10.3 Å². The summed E-state index contributed by atoms with van der Waals surface area (Å²) in [7, 11) is 0. The van der Waals surface area contributed by atoms with Gasteiger partial charge in [-0.05, 0) is 36.2 Å².